The zero-order valence-corrected chi connectivity index (χ0v) is 16.4. The van der Waals surface area contributed by atoms with Crippen LogP contribution in [0.5, 0.6) is 17.4 Å². The lowest BCUT2D eigenvalue weighted by Crippen LogP contribution is -2.10. The van der Waals surface area contributed by atoms with Crippen LogP contribution in [0.2, 0.25) is 0 Å². The van der Waals surface area contributed by atoms with Crippen LogP contribution in [-0.2, 0) is 4.84 Å². The Labute approximate surface area is 159 Å². The van der Waals surface area contributed by atoms with Crippen molar-refractivity contribution >= 4 is 5.71 Å². The van der Waals surface area contributed by atoms with E-state index in [0.29, 0.717) is 37.2 Å². The molecule has 0 fully saturated rings. The Morgan fingerprint density at radius 1 is 1.11 bits per heavy atom. The molecule has 0 aliphatic carbocycles. The summed E-state index contributed by atoms with van der Waals surface area (Å²) >= 11 is 0. The van der Waals surface area contributed by atoms with E-state index in [1.165, 1.54) is 7.11 Å². The summed E-state index contributed by atoms with van der Waals surface area (Å²) < 4.78 is 22.2. The molecule has 0 saturated heterocycles. The fraction of sp³-hybridized carbons (Fsp3) is 0.400. The minimum atomic E-state index is 0.338. The third-order valence-electron chi connectivity index (χ3n) is 3.67. The number of allylic oxidation sites excluding steroid dienone is 1. The van der Waals surface area contributed by atoms with Crippen molar-refractivity contribution in [3.63, 3.8) is 0 Å². The highest BCUT2D eigenvalue weighted by molar-refractivity contribution is 5.95. The van der Waals surface area contributed by atoms with E-state index in [0.717, 1.165) is 22.6 Å². The van der Waals surface area contributed by atoms with Crippen molar-refractivity contribution in [3.05, 3.63) is 47.2 Å². The van der Waals surface area contributed by atoms with Crippen LogP contribution in [-0.4, -0.2) is 37.8 Å². The van der Waals surface area contributed by atoms with Gasteiger partial charge in [0.2, 0.25) is 0 Å². The van der Waals surface area contributed by atoms with E-state index in [1.807, 2.05) is 45.1 Å². The summed E-state index contributed by atoms with van der Waals surface area (Å²) in [6, 6.07) is 5.59. The molecule has 1 aromatic heterocycles. The molecule has 2 rings (SSSR count). The highest BCUT2D eigenvalue weighted by Gasteiger charge is 2.10. The third-order valence-corrected chi connectivity index (χ3v) is 3.67. The summed E-state index contributed by atoms with van der Waals surface area (Å²) in [4.78, 5) is 4.70. The van der Waals surface area contributed by atoms with Crippen LogP contribution in [0.15, 0.2) is 40.0 Å². The van der Waals surface area contributed by atoms with E-state index in [4.69, 9.17) is 23.6 Å². The second kappa shape index (κ2) is 10.3. The van der Waals surface area contributed by atoms with Gasteiger partial charge in [0.15, 0.2) is 5.76 Å². The Kier molecular flexibility index (Phi) is 7.73. The molecule has 0 radical (unpaired) electrons. The number of aromatic nitrogens is 1. The zero-order chi connectivity index (χ0) is 19.6. The molecule has 146 valence electrons. The van der Waals surface area contributed by atoms with Crippen LogP contribution < -0.4 is 14.2 Å². The molecule has 7 nitrogen and oxygen atoms in total. The molecular weight excluding hydrogens is 348 g/mol. The van der Waals surface area contributed by atoms with Crippen molar-refractivity contribution in [2.75, 3.05) is 26.9 Å². The van der Waals surface area contributed by atoms with Crippen molar-refractivity contribution in [2.45, 2.75) is 27.7 Å². The van der Waals surface area contributed by atoms with Gasteiger partial charge in [0, 0.05) is 0 Å². The maximum absolute atomic E-state index is 5.87. The fourth-order valence-electron chi connectivity index (χ4n) is 2.43. The fourth-order valence-corrected chi connectivity index (χ4v) is 2.43. The second-order valence-electron chi connectivity index (χ2n) is 5.85. The van der Waals surface area contributed by atoms with Crippen molar-refractivity contribution in [3.8, 4) is 17.4 Å². The summed E-state index contributed by atoms with van der Waals surface area (Å²) in [6.07, 6.45) is 3.92. The van der Waals surface area contributed by atoms with Crippen LogP contribution in [0.3, 0.4) is 0 Å². The lowest BCUT2D eigenvalue weighted by Gasteiger charge is -2.14. The SMILES string of the molecule is C/C=C/COc1cc(C)c(OCCOc2cc(/C(C)=N/OC)on2)c(C)c1. The Balaban J connectivity index is 1.85. The van der Waals surface area contributed by atoms with Crippen molar-refractivity contribution in [2.24, 2.45) is 5.16 Å². The molecule has 0 unspecified atom stereocenters. The number of aryl methyl sites for hydroxylation is 2. The van der Waals surface area contributed by atoms with Crippen molar-refractivity contribution < 1.29 is 23.6 Å². The number of ether oxygens (including phenoxy) is 3. The molecule has 0 bridgehead atoms. The van der Waals surface area contributed by atoms with Gasteiger partial charge in [-0.15, -0.1) is 0 Å². The molecule has 0 spiro atoms. The van der Waals surface area contributed by atoms with Gasteiger partial charge in [-0.25, -0.2) is 0 Å². The van der Waals surface area contributed by atoms with Gasteiger partial charge in [-0.1, -0.05) is 17.3 Å². The smallest absolute Gasteiger partial charge is 0.254 e. The maximum Gasteiger partial charge on any atom is 0.254 e. The second-order valence-corrected chi connectivity index (χ2v) is 5.85. The highest BCUT2D eigenvalue weighted by atomic mass is 16.6. The third kappa shape index (κ3) is 6.06. The molecule has 0 N–H and O–H groups in total. The molecule has 1 aromatic carbocycles. The normalized spacial score (nSPS) is 11.7. The number of hydrogen-bond acceptors (Lipinski definition) is 7. The Morgan fingerprint density at radius 2 is 1.81 bits per heavy atom. The first-order valence-electron chi connectivity index (χ1n) is 8.70. The van der Waals surface area contributed by atoms with E-state index in [1.54, 1.807) is 13.0 Å². The molecule has 2 aromatic rings. The standard InChI is InChI=1S/C20H26N2O5/c1-6-7-8-24-17-11-14(2)20(15(3)12-17)26-10-9-25-19-13-18(27-22-19)16(4)21-23-5/h6-7,11-13H,8-10H2,1-5H3/b7-6+,21-16+. The number of oxime groups is 1. The zero-order valence-electron chi connectivity index (χ0n) is 16.4. The van der Waals surface area contributed by atoms with Gasteiger partial charge in [0.05, 0.1) is 6.07 Å². The molecule has 0 aliphatic rings. The van der Waals surface area contributed by atoms with Crippen LogP contribution in [0, 0.1) is 13.8 Å². The van der Waals surface area contributed by atoms with Crippen molar-refractivity contribution in [1.29, 1.82) is 0 Å². The van der Waals surface area contributed by atoms with Gasteiger partial charge in [0.1, 0.15) is 44.1 Å². The number of hydrogen-bond donors (Lipinski definition) is 0. The van der Waals surface area contributed by atoms with Gasteiger partial charge in [-0.2, -0.15) is 0 Å². The average molecular weight is 374 g/mol. The first-order chi connectivity index (χ1) is 13.0. The predicted octanol–water partition coefficient (Wildman–Crippen LogP) is 4.07. The summed E-state index contributed by atoms with van der Waals surface area (Å²) in [7, 11) is 1.47. The Hall–Kier alpha value is -2.96. The Morgan fingerprint density at radius 3 is 2.48 bits per heavy atom. The van der Waals surface area contributed by atoms with Crippen molar-refractivity contribution in [1.82, 2.24) is 5.16 Å². The lowest BCUT2D eigenvalue weighted by atomic mass is 10.1. The largest absolute Gasteiger partial charge is 0.490 e. The summed E-state index contributed by atoms with van der Waals surface area (Å²) in [5.41, 5.74) is 2.61. The minimum Gasteiger partial charge on any atom is -0.490 e. The molecule has 0 atom stereocenters. The van der Waals surface area contributed by atoms with Gasteiger partial charge in [-0.05, 0) is 56.1 Å². The van der Waals surface area contributed by atoms with Crippen LogP contribution >= 0.6 is 0 Å². The number of rotatable bonds is 10. The molecule has 0 amide bonds. The van der Waals surface area contributed by atoms with Crippen LogP contribution in [0.25, 0.3) is 0 Å². The van der Waals surface area contributed by atoms with E-state index in [2.05, 4.69) is 10.3 Å². The molecule has 1 heterocycles. The first kappa shape index (κ1) is 20.4. The van der Waals surface area contributed by atoms with E-state index < -0.39 is 0 Å². The van der Waals surface area contributed by atoms with Gasteiger partial charge >= 0.3 is 0 Å². The Bertz CT molecular complexity index is 772. The van der Waals surface area contributed by atoms with Crippen LogP contribution in [0.4, 0.5) is 0 Å². The number of benzene rings is 1. The van der Waals surface area contributed by atoms with E-state index >= 15 is 0 Å². The number of nitrogens with zero attached hydrogens (tertiary/aromatic N) is 2. The molecule has 7 heteroatoms. The summed E-state index contributed by atoms with van der Waals surface area (Å²) in [5, 5.41) is 7.62. The minimum absolute atomic E-state index is 0.338. The van der Waals surface area contributed by atoms with Gasteiger partial charge < -0.3 is 23.6 Å². The highest BCUT2D eigenvalue weighted by Crippen LogP contribution is 2.28. The molecule has 0 saturated carbocycles. The predicted molar refractivity (Wildman–Crippen MR) is 103 cm³/mol. The first-order valence-corrected chi connectivity index (χ1v) is 8.70. The molecule has 27 heavy (non-hydrogen) atoms. The monoisotopic (exact) mass is 374 g/mol. The topological polar surface area (TPSA) is 75.3 Å². The lowest BCUT2D eigenvalue weighted by molar-refractivity contribution is 0.202. The maximum atomic E-state index is 5.87. The summed E-state index contributed by atoms with van der Waals surface area (Å²) in [5.74, 6) is 2.53. The van der Waals surface area contributed by atoms with Gasteiger partial charge in [0.25, 0.3) is 5.88 Å². The summed E-state index contributed by atoms with van der Waals surface area (Å²) in [6.45, 7) is 8.98. The van der Waals surface area contributed by atoms with E-state index in [-0.39, 0.29) is 0 Å². The molecular formula is C20H26N2O5. The average Bonchev–Trinajstić information content (AvgIpc) is 3.10. The van der Waals surface area contributed by atoms with E-state index in [9.17, 15) is 0 Å². The van der Waals surface area contributed by atoms with Crippen LogP contribution in [0.1, 0.15) is 30.7 Å². The quantitative estimate of drug-likeness (QED) is 0.270. The van der Waals surface area contributed by atoms with Gasteiger partial charge in [-0.3, -0.25) is 0 Å². The molecule has 0 aliphatic heterocycles.